The molecule has 0 aliphatic heterocycles. The fourth-order valence-corrected chi connectivity index (χ4v) is 1.36. The van der Waals surface area contributed by atoms with E-state index in [1.54, 1.807) is 0 Å². The molecule has 1 N–H and O–H groups in total. The van der Waals surface area contributed by atoms with Crippen LogP contribution in [0.4, 0.5) is 20.2 Å². The van der Waals surface area contributed by atoms with Gasteiger partial charge in [-0.25, -0.2) is 8.78 Å². The Bertz CT molecular complexity index is 374. The van der Waals surface area contributed by atoms with Gasteiger partial charge in [0.25, 0.3) is 12.1 Å². The molecule has 1 rings (SSSR count). The number of hydrogen-bond donors (Lipinski definition) is 1. The molecule has 0 amide bonds. The molecule has 1 aromatic carbocycles. The van der Waals surface area contributed by atoms with Crippen molar-refractivity contribution in [2.75, 3.05) is 11.9 Å². The summed E-state index contributed by atoms with van der Waals surface area (Å²) in [5, 5.41) is 12.9. The smallest absolute Gasteiger partial charge is 0.292 e. The predicted octanol–water partition coefficient (Wildman–Crippen LogP) is 3.03. The molecule has 0 bridgehead atoms. The van der Waals surface area contributed by atoms with Gasteiger partial charge in [0.2, 0.25) is 0 Å². The summed E-state index contributed by atoms with van der Waals surface area (Å²) in [5.74, 6) is 0. The number of nitrogens with zero attached hydrogens (tertiary/aromatic N) is 1. The van der Waals surface area contributed by atoms with E-state index in [0.717, 1.165) is 0 Å². The van der Waals surface area contributed by atoms with Gasteiger partial charge in [-0.2, -0.15) is 0 Å². The lowest BCUT2D eigenvalue weighted by molar-refractivity contribution is -0.384. The van der Waals surface area contributed by atoms with Crippen LogP contribution in [0.15, 0.2) is 22.7 Å². The van der Waals surface area contributed by atoms with Crippen LogP contribution in [0.1, 0.15) is 0 Å². The molecule has 0 fully saturated rings. The monoisotopic (exact) mass is 280 g/mol. The number of nitro groups is 1. The molecular weight excluding hydrogens is 274 g/mol. The van der Waals surface area contributed by atoms with Crippen molar-refractivity contribution in [2.24, 2.45) is 0 Å². The third-order valence-corrected chi connectivity index (χ3v) is 2.10. The van der Waals surface area contributed by atoms with Gasteiger partial charge >= 0.3 is 0 Å². The molecule has 0 unspecified atom stereocenters. The summed E-state index contributed by atoms with van der Waals surface area (Å²) in [6, 6.07) is 4.12. The molecule has 15 heavy (non-hydrogen) atoms. The zero-order chi connectivity index (χ0) is 11.4. The SMILES string of the molecule is O=[N+]([O-])c1ccc(Br)cc1NCC(F)F. The van der Waals surface area contributed by atoms with Gasteiger partial charge in [-0.15, -0.1) is 0 Å². The topological polar surface area (TPSA) is 55.2 Å². The molecule has 0 aliphatic carbocycles. The number of nitro benzene ring substituents is 1. The third kappa shape index (κ3) is 3.43. The standard InChI is InChI=1S/C8H7BrF2N2O2/c9-5-1-2-7(13(14)15)6(3-5)12-4-8(10)11/h1-3,8,12H,4H2. The van der Waals surface area contributed by atoms with Crippen molar-refractivity contribution in [3.63, 3.8) is 0 Å². The first-order chi connectivity index (χ1) is 7.00. The number of hydrogen-bond acceptors (Lipinski definition) is 3. The predicted molar refractivity (Wildman–Crippen MR) is 55.3 cm³/mol. The van der Waals surface area contributed by atoms with Crippen LogP contribution in [0.5, 0.6) is 0 Å². The highest BCUT2D eigenvalue weighted by Crippen LogP contribution is 2.27. The number of anilines is 1. The van der Waals surface area contributed by atoms with Crippen LogP contribution in [-0.4, -0.2) is 17.9 Å². The van der Waals surface area contributed by atoms with E-state index in [2.05, 4.69) is 21.2 Å². The van der Waals surface area contributed by atoms with Crippen LogP contribution < -0.4 is 5.32 Å². The minimum Gasteiger partial charge on any atom is -0.374 e. The van der Waals surface area contributed by atoms with Crippen molar-refractivity contribution in [1.82, 2.24) is 0 Å². The first kappa shape index (κ1) is 11.8. The Labute approximate surface area is 92.6 Å². The Balaban J connectivity index is 2.92. The normalized spacial score (nSPS) is 10.4. The van der Waals surface area contributed by atoms with E-state index in [4.69, 9.17) is 0 Å². The minimum atomic E-state index is -2.55. The van der Waals surface area contributed by atoms with E-state index >= 15 is 0 Å². The van der Waals surface area contributed by atoms with Crippen molar-refractivity contribution in [1.29, 1.82) is 0 Å². The van der Waals surface area contributed by atoms with Crippen LogP contribution in [-0.2, 0) is 0 Å². The molecule has 1 aromatic rings. The average Bonchev–Trinajstić information content (AvgIpc) is 2.14. The second-order valence-corrected chi connectivity index (χ2v) is 3.61. The number of halogens is 3. The molecule has 82 valence electrons. The van der Waals surface area contributed by atoms with E-state index < -0.39 is 17.9 Å². The Morgan fingerprint density at radius 3 is 2.73 bits per heavy atom. The van der Waals surface area contributed by atoms with E-state index in [-0.39, 0.29) is 11.4 Å². The quantitative estimate of drug-likeness (QED) is 0.681. The highest BCUT2D eigenvalue weighted by Gasteiger charge is 2.14. The largest absolute Gasteiger partial charge is 0.374 e. The molecule has 7 heteroatoms. The van der Waals surface area contributed by atoms with Crippen molar-refractivity contribution in [3.05, 3.63) is 32.8 Å². The fourth-order valence-electron chi connectivity index (χ4n) is 0.996. The molecule has 0 heterocycles. The first-order valence-electron chi connectivity index (χ1n) is 3.96. The number of rotatable bonds is 4. The lowest BCUT2D eigenvalue weighted by atomic mass is 10.2. The van der Waals surface area contributed by atoms with Crippen LogP contribution in [0.2, 0.25) is 0 Å². The summed E-state index contributed by atoms with van der Waals surface area (Å²) in [6.45, 7) is -0.614. The van der Waals surface area contributed by atoms with Gasteiger partial charge in [-0.3, -0.25) is 10.1 Å². The summed E-state index contributed by atoms with van der Waals surface area (Å²) in [4.78, 5) is 9.92. The van der Waals surface area contributed by atoms with E-state index in [9.17, 15) is 18.9 Å². The molecule has 0 atom stereocenters. The fraction of sp³-hybridized carbons (Fsp3) is 0.250. The lowest BCUT2D eigenvalue weighted by Gasteiger charge is -2.06. The lowest BCUT2D eigenvalue weighted by Crippen LogP contribution is -2.11. The molecule has 0 saturated carbocycles. The molecule has 4 nitrogen and oxygen atoms in total. The molecule has 0 aromatic heterocycles. The Kier molecular flexibility index (Phi) is 3.96. The van der Waals surface area contributed by atoms with Gasteiger partial charge in [0.1, 0.15) is 5.69 Å². The van der Waals surface area contributed by atoms with Gasteiger partial charge in [0.15, 0.2) is 0 Å². The highest BCUT2D eigenvalue weighted by molar-refractivity contribution is 9.10. The Morgan fingerprint density at radius 2 is 2.20 bits per heavy atom. The van der Waals surface area contributed by atoms with Crippen LogP contribution in [0.3, 0.4) is 0 Å². The maximum absolute atomic E-state index is 11.9. The summed E-state index contributed by atoms with van der Waals surface area (Å²) in [7, 11) is 0. The van der Waals surface area contributed by atoms with Crippen molar-refractivity contribution < 1.29 is 13.7 Å². The maximum atomic E-state index is 11.9. The highest BCUT2D eigenvalue weighted by atomic mass is 79.9. The van der Waals surface area contributed by atoms with Crippen LogP contribution >= 0.6 is 15.9 Å². The summed E-state index contributed by atoms with van der Waals surface area (Å²) in [5.41, 5.74) is -0.145. The van der Waals surface area contributed by atoms with E-state index in [1.165, 1.54) is 18.2 Å². The zero-order valence-electron chi connectivity index (χ0n) is 7.41. The second kappa shape index (κ2) is 5.01. The maximum Gasteiger partial charge on any atom is 0.292 e. The van der Waals surface area contributed by atoms with Crippen molar-refractivity contribution in [3.8, 4) is 0 Å². The van der Waals surface area contributed by atoms with Crippen molar-refractivity contribution >= 4 is 27.3 Å². The number of benzene rings is 1. The van der Waals surface area contributed by atoms with Crippen molar-refractivity contribution in [2.45, 2.75) is 6.43 Å². The molecule has 0 saturated heterocycles. The van der Waals surface area contributed by atoms with Gasteiger partial charge in [-0.1, -0.05) is 15.9 Å². The summed E-state index contributed by atoms with van der Waals surface area (Å²) >= 11 is 3.10. The molecular formula is C8H7BrF2N2O2. The Hall–Kier alpha value is -1.24. The molecule has 0 radical (unpaired) electrons. The van der Waals surface area contributed by atoms with Crippen LogP contribution in [0.25, 0.3) is 0 Å². The Morgan fingerprint density at radius 1 is 1.53 bits per heavy atom. The number of nitrogens with one attached hydrogen (secondary N) is 1. The number of alkyl halides is 2. The van der Waals surface area contributed by atoms with Gasteiger partial charge in [0, 0.05) is 10.5 Å². The minimum absolute atomic E-state index is 0.0784. The zero-order valence-corrected chi connectivity index (χ0v) is 9.00. The summed E-state index contributed by atoms with van der Waals surface area (Å²) < 4.78 is 24.4. The summed E-state index contributed by atoms with van der Waals surface area (Å²) in [6.07, 6.45) is -2.55. The van der Waals surface area contributed by atoms with Gasteiger partial charge in [0.05, 0.1) is 11.5 Å². The first-order valence-corrected chi connectivity index (χ1v) is 4.76. The average molecular weight is 281 g/mol. The van der Waals surface area contributed by atoms with Crippen LogP contribution in [0, 0.1) is 10.1 Å². The molecule has 0 aliphatic rings. The van der Waals surface area contributed by atoms with Gasteiger partial charge < -0.3 is 5.32 Å². The van der Waals surface area contributed by atoms with E-state index in [0.29, 0.717) is 4.47 Å². The third-order valence-electron chi connectivity index (χ3n) is 1.60. The second-order valence-electron chi connectivity index (χ2n) is 2.69. The molecule has 0 spiro atoms. The van der Waals surface area contributed by atoms with E-state index in [1.807, 2.05) is 0 Å². The van der Waals surface area contributed by atoms with Gasteiger partial charge in [-0.05, 0) is 12.1 Å².